The summed E-state index contributed by atoms with van der Waals surface area (Å²) < 4.78 is 30.9. The fraction of sp³-hybridized carbons (Fsp3) is 0.243. The van der Waals surface area contributed by atoms with E-state index in [9.17, 15) is 28.8 Å². The van der Waals surface area contributed by atoms with Crippen molar-refractivity contribution in [1.82, 2.24) is 0 Å². The zero-order valence-electron chi connectivity index (χ0n) is 27.6. The number of aryl methyl sites for hydroxylation is 1. The predicted molar refractivity (Wildman–Crippen MR) is 178 cm³/mol. The lowest BCUT2D eigenvalue weighted by atomic mass is 10.2. The monoisotopic (exact) mass is 674 g/mol. The molecule has 0 saturated carbocycles. The van der Waals surface area contributed by atoms with Crippen molar-refractivity contribution in [3.8, 4) is 23.0 Å². The minimum Gasteiger partial charge on any atom is -0.463 e. The molecular weight excluding hydrogens is 636 g/mol. The largest absolute Gasteiger partial charge is 0.513 e. The Kier molecular flexibility index (Phi) is 16.7. The van der Waals surface area contributed by atoms with E-state index in [4.69, 9.17) is 28.4 Å². The first-order chi connectivity index (χ1) is 23.6. The van der Waals surface area contributed by atoms with Gasteiger partial charge in [0.05, 0.1) is 24.3 Å². The summed E-state index contributed by atoms with van der Waals surface area (Å²) in [6.07, 6.45) is 2.15. The Labute approximate surface area is 284 Å². The van der Waals surface area contributed by atoms with Crippen LogP contribution in [0.4, 0.5) is 4.79 Å². The molecule has 12 nitrogen and oxygen atoms in total. The molecule has 0 unspecified atom stereocenters. The van der Waals surface area contributed by atoms with Gasteiger partial charge in [-0.2, -0.15) is 0 Å². The minimum absolute atomic E-state index is 0.00708. The molecule has 3 aromatic carbocycles. The number of hydrogen-bond acceptors (Lipinski definition) is 12. The molecule has 0 bridgehead atoms. The molecule has 49 heavy (non-hydrogen) atoms. The lowest BCUT2D eigenvalue weighted by Crippen LogP contribution is -2.13. The second kappa shape index (κ2) is 21.0. The lowest BCUT2D eigenvalue weighted by molar-refractivity contribution is -0.140. The van der Waals surface area contributed by atoms with E-state index in [2.05, 4.69) is 13.2 Å². The fourth-order valence-corrected chi connectivity index (χ4v) is 3.70. The third kappa shape index (κ3) is 14.1. The van der Waals surface area contributed by atoms with Gasteiger partial charge in [0.1, 0.15) is 23.0 Å². The Morgan fingerprint density at radius 1 is 0.612 bits per heavy atom. The fourth-order valence-electron chi connectivity index (χ4n) is 3.70. The Morgan fingerprint density at radius 3 is 1.71 bits per heavy atom. The molecule has 0 aliphatic heterocycles. The number of esters is 4. The van der Waals surface area contributed by atoms with Crippen LogP contribution in [-0.2, 0) is 23.9 Å². The zero-order chi connectivity index (χ0) is 36.2. The summed E-state index contributed by atoms with van der Waals surface area (Å²) in [5.41, 5.74) is 0.907. The van der Waals surface area contributed by atoms with Crippen molar-refractivity contribution in [2.24, 2.45) is 0 Å². The van der Waals surface area contributed by atoms with Gasteiger partial charge in [-0.15, -0.1) is 0 Å². The molecule has 3 rings (SSSR count). The molecule has 0 aliphatic carbocycles. The molecular formula is C37H38O12. The van der Waals surface area contributed by atoms with E-state index < -0.39 is 30.0 Å². The van der Waals surface area contributed by atoms with E-state index in [1.165, 1.54) is 72.8 Å². The van der Waals surface area contributed by atoms with Gasteiger partial charge in [-0.05, 0) is 98.1 Å². The zero-order valence-corrected chi connectivity index (χ0v) is 27.6. The number of carbonyl (C=O) groups excluding carboxylic acids is 6. The van der Waals surface area contributed by atoms with Gasteiger partial charge in [-0.1, -0.05) is 27.0 Å². The number of allylic oxidation sites excluding steroid dienone is 1. The third-order valence-corrected chi connectivity index (χ3v) is 6.12. The van der Waals surface area contributed by atoms with E-state index >= 15 is 0 Å². The predicted octanol–water partition coefficient (Wildman–Crippen LogP) is 6.93. The first-order valence-corrected chi connectivity index (χ1v) is 15.3. The molecule has 3 aromatic rings. The molecule has 258 valence electrons. The Balaban J connectivity index is 0.00000409. The van der Waals surface area contributed by atoms with Crippen molar-refractivity contribution in [1.29, 1.82) is 0 Å². The topological polar surface area (TPSA) is 158 Å². The van der Waals surface area contributed by atoms with Gasteiger partial charge in [0, 0.05) is 18.9 Å². The summed E-state index contributed by atoms with van der Waals surface area (Å²) >= 11 is 0. The van der Waals surface area contributed by atoms with Crippen molar-refractivity contribution in [3.05, 3.63) is 109 Å². The number of rotatable bonds is 16. The third-order valence-electron chi connectivity index (χ3n) is 6.12. The normalized spacial score (nSPS) is 9.86. The maximum Gasteiger partial charge on any atom is 0.513 e. The average Bonchev–Trinajstić information content (AvgIpc) is 3.10. The maximum atomic E-state index is 12.7. The minimum atomic E-state index is -0.945. The number of ether oxygens (including phenoxy) is 6. The van der Waals surface area contributed by atoms with Gasteiger partial charge in [-0.3, -0.25) is 9.59 Å². The van der Waals surface area contributed by atoms with Crippen LogP contribution in [0.1, 0.15) is 65.8 Å². The molecule has 0 atom stereocenters. The summed E-state index contributed by atoms with van der Waals surface area (Å²) in [6, 6.07) is 15.9. The van der Waals surface area contributed by atoms with E-state index in [1.807, 2.05) is 13.8 Å². The summed E-state index contributed by atoms with van der Waals surface area (Å²) in [4.78, 5) is 71.3. The van der Waals surface area contributed by atoms with E-state index in [0.717, 1.165) is 6.08 Å². The number of hydrogen-bond donors (Lipinski definition) is 0. The Hall–Kier alpha value is -6.04. The van der Waals surface area contributed by atoms with Crippen LogP contribution in [0.2, 0.25) is 0 Å². The highest BCUT2D eigenvalue weighted by Crippen LogP contribution is 2.26. The van der Waals surface area contributed by atoms with Crippen LogP contribution in [0.25, 0.3) is 0 Å². The van der Waals surface area contributed by atoms with Gasteiger partial charge in [-0.25, -0.2) is 19.2 Å². The average molecular weight is 675 g/mol. The first-order valence-electron chi connectivity index (χ1n) is 15.3. The molecule has 0 saturated heterocycles. The second-order valence-corrected chi connectivity index (χ2v) is 9.68. The van der Waals surface area contributed by atoms with Gasteiger partial charge >= 0.3 is 30.0 Å². The molecule has 0 amide bonds. The van der Waals surface area contributed by atoms with Crippen LogP contribution in [0.5, 0.6) is 23.0 Å². The van der Waals surface area contributed by atoms with Crippen LogP contribution < -0.4 is 18.9 Å². The van der Waals surface area contributed by atoms with Gasteiger partial charge in [0.25, 0.3) is 0 Å². The molecule has 0 N–H and O–H groups in total. The standard InChI is InChI=1S/C35H32O12.C2H6/c1-4-26(36)8-6-21-43-35(41)46-28-16-12-25(13-17-28)34(40)47-30-19-18-29(22-23(30)3)45-33(39)24-10-14-27(15-11-24)44-32(38)9-7-20-42-31(37)5-2;1-2/h4-5,10-19,22H,1-2,6-9,20-21H2,3H3;1-2H3. The second-order valence-electron chi connectivity index (χ2n) is 9.68. The van der Waals surface area contributed by atoms with Crippen molar-refractivity contribution >= 4 is 35.8 Å². The number of ketones is 1. The highest BCUT2D eigenvalue weighted by Gasteiger charge is 2.15. The van der Waals surface area contributed by atoms with Crippen molar-refractivity contribution in [3.63, 3.8) is 0 Å². The molecule has 0 spiro atoms. The lowest BCUT2D eigenvalue weighted by Gasteiger charge is -2.11. The summed E-state index contributed by atoms with van der Waals surface area (Å²) in [5.74, 6) is -1.76. The Morgan fingerprint density at radius 2 is 1.14 bits per heavy atom. The molecule has 0 heterocycles. The smallest absolute Gasteiger partial charge is 0.463 e. The van der Waals surface area contributed by atoms with Gasteiger partial charge in [0.2, 0.25) is 0 Å². The quantitative estimate of drug-likeness (QED) is 0.0508. The molecule has 0 aromatic heterocycles. The van der Waals surface area contributed by atoms with Crippen molar-refractivity contribution < 1.29 is 57.2 Å². The van der Waals surface area contributed by atoms with Crippen LogP contribution in [-0.4, -0.2) is 49.0 Å². The van der Waals surface area contributed by atoms with Crippen LogP contribution >= 0.6 is 0 Å². The van der Waals surface area contributed by atoms with Crippen LogP contribution in [0.15, 0.2) is 92.0 Å². The van der Waals surface area contributed by atoms with Crippen molar-refractivity contribution in [2.75, 3.05) is 13.2 Å². The summed E-state index contributed by atoms with van der Waals surface area (Å²) in [6.45, 7) is 12.4. The summed E-state index contributed by atoms with van der Waals surface area (Å²) in [5, 5.41) is 0. The SMILES string of the molecule is C=CC(=O)CCCOC(=O)Oc1ccc(C(=O)Oc2ccc(OC(=O)c3ccc(OC(=O)CCCOC(=O)C=C)cc3)cc2C)cc1.CC. The van der Waals surface area contributed by atoms with E-state index in [-0.39, 0.29) is 72.4 Å². The Bertz CT molecular complexity index is 1620. The van der Waals surface area contributed by atoms with Gasteiger partial charge < -0.3 is 28.4 Å². The first kappa shape index (κ1) is 39.1. The number of benzene rings is 3. The maximum absolute atomic E-state index is 12.7. The molecule has 0 aliphatic rings. The summed E-state index contributed by atoms with van der Waals surface area (Å²) in [7, 11) is 0. The highest BCUT2D eigenvalue weighted by molar-refractivity contribution is 5.92. The van der Waals surface area contributed by atoms with Crippen LogP contribution in [0, 0.1) is 6.92 Å². The van der Waals surface area contributed by atoms with Crippen molar-refractivity contribution in [2.45, 2.75) is 46.5 Å². The molecule has 0 radical (unpaired) electrons. The molecule has 0 fully saturated rings. The highest BCUT2D eigenvalue weighted by atomic mass is 16.7. The molecule has 12 heteroatoms. The van der Waals surface area contributed by atoms with E-state index in [1.54, 1.807) is 6.92 Å². The number of carbonyl (C=O) groups is 6. The van der Waals surface area contributed by atoms with Gasteiger partial charge in [0.15, 0.2) is 5.78 Å². The van der Waals surface area contributed by atoms with E-state index in [0.29, 0.717) is 12.0 Å². The van der Waals surface area contributed by atoms with Crippen LogP contribution in [0.3, 0.4) is 0 Å².